The summed E-state index contributed by atoms with van der Waals surface area (Å²) in [6, 6.07) is 2.12. The van der Waals surface area contributed by atoms with Gasteiger partial charge in [0.1, 0.15) is 5.41 Å². The zero-order valence-electron chi connectivity index (χ0n) is 7.45. The molecule has 4 heteroatoms. The van der Waals surface area contributed by atoms with Crippen LogP contribution in [0.5, 0.6) is 0 Å². The first kappa shape index (κ1) is 8.52. The lowest BCUT2D eigenvalue weighted by molar-refractivity contribution is -0.139. The molecule has 1 saturated heterocycles. The molecule has 0 radical (unpaired) electrons. The van der Waals surface area contributed by atoms with Crippen LogP contribution in [-0.2, 0) is 9.53 Å². The normalized spacial score (nSPS) is 25.0. The molecule has 2 aliphatic rings. The van der Waals surface area contributed by atoms with Crippen molar-refractivity contribution in [3.8, 4) is 6.07 Å². The fourth-order valence-corrected chi connectivity index (χ4v) is 1.57. The lowest BCUT2D eigenvalue weighted by Crippen LogP contribution is -2.44. The molecule has 13 heavy (non-hydrogen) atoms. The minimum Gasteiger partial charge on any atom is -0.378 e. The fraction of sp³-hybridized carbons (Fsp3) is 0.778. The lowest BCUT2D eigenvalue weighted by atomic mass is 10.1. The number of carbonyl (C=O) groups is 1. The Morgan fingerprint density at radius 2 is 2.00 bits per heavy atom. The van der Waals surface area contributed by atoms with Crippen molar-refractivity contribution in [2.24, 2.45) is 5.41 Å². The van der Waals surface area contributed by atoms with E-state index in [1.807, 2.05) is 0 Å². The molecule has 1 aliphatic carbocycles. The van der Waals surface area contributed by atoms with Crippen LogP contribution in [0.15, 0.2) is 0 Å². The van der Waals surface area contributed by atoms with Crippen molar-refractivity contribution < 1.29 is 9.53 Å². The fourth-order valence-electron chi connectivity index (χ4n) is 1.57. The molecule has 1 heterocycles. The zero-order chi connectivity index (χ0) is 9.31. The summed E-state index contributed by atoms with van der Waals surface area (Å²) in [5, 5.41) is 8.83. The number of amides is 1. The predicted octanol–water partition coefficient (Wildman–Crippen LogP) is 0.149. The molecule has 2 rings (SSSR count). The van der Waals surface area contributed by atoms with E-state index in [0.717, 1.165) is 12.8 Å². The molecule has 0 aromatic rings. The number of morpholine rings is 1. The van der Waals surface area contributed by atoms with Crippen molar-refractivity contribution in [3.05, 3.63) is 0 Å². The number of rotatable bonds is 1. The van der Waals surface area contributed by atoms with E-state index in [-0.39, 0.29) is 5.91 Å². The van der Waals surface area contributed by atoms with Gasteiger partial charge in [0.25, 0.3) is 0 Å². The molecule has 0 spiro atoms. The van der Waals surface area contributed by atoms with Gasteiger partial charge in [-0.05, 0) is 12.8 Å². The molecule has 0 aromatic carbocycles. The Morgan fingerprint density at radius 1 is 1.38 bits per heavy atom. The highest BCUT2D eigenvalue weighted by atomic mass is 16.5. The maximum absolute atomic E-state index is 11.8. The highest BCUT2D eigenvalue weighted by Gasteiger charge is 2.52. The highest BCUT2D eigenvalue weighted by molar-refractivity contribution is 5.88. The molecule has 1 saturated carbocycles. The standard InChI is InChI=1S/C9H12N2O2/c10-7-9(1-2-9)8(12)11-3-5-13-6-4-11/h1-6H2. The summed E-state index contributed by atoms with van der Waals surface area (Å²) in [6.45, 7) is 2.49. The van der Waals surface area contributed by atoms with Gasteiger partial charge in [-0.25, -0.2) is 0 Å². The second kappa shape index (κ2) is 3.00. The smallest absolute Gasteiger partial charge is 0.243 e. The van der Waals surface area contributed by atoms with Gasteiger partial charge in [-0.3, -0.25) is 4.79 Å². The van der Waals surface area contributed by atoms with Crippen LogP contribution in [0.3, 0.4) is 0 Å². The SMILES string of the molecule is N#CC1(C(=O)N2CCOCC2)CC1. The molecule has 0 N–H and O–H groups in total. The molecule has 70 valence electrons. The number of nitrogens with zero attached hydrogens (tertiary/aromatic N) is 2. The molecule has 1 aliphatic heterocycles. The van der Waals surface area contributed by atoms with Crippen molar-refractivity contribution in [1.82, 2.24) is 4.90 Å². The van der Waals surface area contributed by atoms with Gasteiger partial charge in [0, 0.05) is 13.1 Å². The van der Waals surface area contributed by atoms with Crippen LogP contribution < -0.4 is 0 Å². The maximum atomic E-state index is 11.8. The maximum Gasteiger partial charge on any atom is 0.243 e. The Kier molecular flexibility index (Phi) is 1.97. The van der Waals surface area contributed by atoms with Gasteiger partial charge in [0.15, 0.2) is 0 Å². The Balaban J connectivity index is 2.00. The van der Waals surface area contributed by atoms with Crippen molar-refractivity contribution in [1.29, 1.82) is 5.26 Å². The van der Waals surface area contributed by atoms with E-state index in [0.29, 0.717) is 26.3 Å². The van der Waals surface area contributed by atoms with Crippen molar-refractivity contribution in [3.63, 3.8) is 0 Å². The van der Waals surface area contributed by atoms with Crippen molar-refractivity contribution in [2.75, 3.05) is 26.3 Å². The van der Waals surface area contributed by atoms with Crippen LogP contribution in [0.2, 0.25) is 0 Å². The van der Waals surface area contributed by atoms with Gasteiger partial charge in [0.05, 0.1) is 19.3 Å². The van der Waals surface area contributed by atoms with Gasteiger partial charge in [-0.15, -0.1) is 0 Å². The Hall–Kier alpha value is -1.08. The Bertz CT molecular complexity index is 259. The number of hydrogen-bond donors (Lipinski definition) is 0. The number of nitriles is 1. The summed E-state index contributed by atoms with van der Waals surface area (Å²) < 4.78 is 5.14. The Labute approximate surface area is 77.1 Å². The average Bonchev–Trinajstić information content (AvgIpc) is 2.99. The average molecular weight is 180 g/mol. The summed E-state index contributed by atoms with van der Waals surface area (Å²) in [4.78, 5) is 13.5. The summed E-state index contributed by atoms with van der Waals surface area (Å²) in [5.41, 5.74) is -0.655. The summed E-state index contributed by atoms with van der Waals surface area (Å²) in [6.07, 6.45) is 1.47. The number of carbonyl (C=O) groups excluding carboxylic acids is 1. The Morgan fingerprint density at radius 3 is 2.46 bits per heavy atom. The van der Waals surface area contributed by atoms with E-state index in [2.05, 4.69) is 6.07 Å². The van der Waals surface area contributed by atoms with Gasteiger partial charge in [-0.1, -0.05) is 0 Å². The molecule has 0 bridgehead atoms. The molecule has 0 atom stereocenters. The van der Waals surface area contributed by atoms with Crippen molar-refractivity contribution in [2.45, 2.75) is 12.8 Å². The largest absolute Gasteiger partial charge is 0.378 e. The zero-order valence-corrected chi connectivity index (χ0v) is 7.45. The highest BCUT2D eigenvalue weighted by Crippen LogP contribution is 2.46. The van der Waals surface area contributed by atoms with Gasteiger partial charge in [-0.2, -0.15) is 5.26 Å². The second-order valence-electron chi connectivity index (χ2n) is 3.60. The van der Waals surface area contributed by atoms with Crippen LogP contribution in [0.1, 0.15) is 12.8 Å². The molecule has 1 amide bonds. The van der Waals surface area contributed by atoms with E-state index < -0.39 is 5.41 Å². The molecule has 4 nitrogen and oxygen atoms in total. The second-order valence-corrected chi connectivity index (χ2v) is 3.60. The van der Waals surface area contributed by atoms with Crippen LogP contribution in [0.4, 0.5) is 0 Å². The topological polar surface area (TPSA) is 53.3 Å². The monoisotopic (exact) mass is 180 g/mol. The third-order valence-corrected chi connectivity index (χ3v) is 2.67. The third-order valence-electron chi connectivity index (χ3n) is 2.67. The quantitative estimate of drug-likeness (QED) is 0.577. The first-order chi connectivity index (χ1) is 6.28. The summed E-state index contributed by atoms with van der Waals surface area (Å²) in [5.74, 6) is 0.0123. The van der Waals surface area contributed by atoms with Crippen LogP contribution >= 0.6 is 0 Å². The van der Waals surface area contributed by atoms with E-state index in [4.69, 9.17) is 10.00 Å². The van der Waals surface area contributed by atoms with E-state index in [1.165, 1.54) is 0 Å². The van der Waals surface area contributed by atoms with Crippen LogP contribution in [0.25, 0.3) is 0 Å². The summed E-state index contributed by atoms with van der Waals surface area (Å²) in [7, 11) is 0. The number of ether oxygens (including phenoxy) is 1. The first-order valence-corrected chi connectivity index (χ1v) is 4.57. The minimum atomic E-state index is -0.655. The van der Waals surface area contributed by atoms with Gasteiger partial charge >= 0.3 is 0 Å². The van der Waals surface area contributed by atoms with Crippen LogP contribution in [0, 0.1) is 16.7 Å². The lowest BCUT2D eigenvalue weighted by Gasteiger charge is -2.28. The van der Waals surface area contributed by atoms with Gasteiger partial charge < -0.3 is 9.64 Å². The molecule has 2 fully saturated rings. The minimum absolute atomic E-state index is 0.0123. The first-order valence-electron chi connectivity index (χ1n) is 4.57. The van der Waals surface area contributed by atoms with Gasteiger partial charge in [0.2, 0.25) is 5.91 Å². The number of hydrogen-bond acceptors (Lipinski definition) is 3. The van der Waals surface area contributed by atoms with E-state index >= 15 is 0 Å². The molecular formula is C9H12N2O2. The van der Waals surface area contributed by atoms with Crippen LogP contribution in [-0.4, -0.2) is 37.1 Å². The summed E-state index contributed by atoms with van der Waals surface area (Å²) >= 11 is 0. The van der Waals surface area contributed by atoms with E-state index in [1.54, 1.807) is 4.90 Å². The third kappa shape index (κ3) is 1.40. The molecule has 0 aromatic heterocycles. The molecule has 0 unspecified atom stereocenters. The predicted molar refractivity (Wildman–Crippen MR) is 44.7 cm³/mol. The van der Waals surface area contributed by atoms with E-state index in [9.17, 15) is 4.79 Å². The van der Waals surface area contributed by atoms with Crippen molar-refractivity contribution >= 4 is 5.91 Å². The molecular weight excluding hydrogens is 168 g/mol.